The number of hydrogen-bond donors (Lipinski definition) is 7. The number of hydrogen-bond acceptors (Lipinski definition) is 15. The number of carbonyl (C=O) groups excluding carboxylic acids is 5. The molecule has 1 saturated carbocycles. The summed E-state index contributed by atoms with van der Waals surface area (Å²) < 4.78 is 45.3. The van der Waals surface area contributed by atoms with Gasteiger partial charge in [-0.15, -0.1) is 0 Å². The van der Waals surface area contributed by atoms with E-state index in [0.29, 0.717) is 51.0 Å². The Labute approximate surface area is 425 Å². The maximum atomic E-state index is 15.0. The van der Waals surface area contributed by atoms with Crippen molar-refractivity contribution in [2.75, 3.05) is 52.7 Å². The standard InChI is InChI=1S/C51H65N11O10S/c1-30-44(31(2)58-46(57-30)34-12-15-37(16-13-34)72-36-9-7-6-8-10-36)49(65)60-40(19-23-56-73(5,68)69)51(67)62(4)45-35-14-18-43(71-26-22-54)39(29-35)38-27-33(11-17-42(38)70-25-21-53)28-41(48(64)55-24-20-52)61-47(63)32(3)59-50(45)66/h11-18,27,29,32,36,40-41,45,56H,6-10,19,21-26,28,53-54H2,1-5H3,(H,55,64)(H,59,66)(H,60,65)(H,61,63)/t32-,40-,41-,45-/m0/s1. The first-order valence-corrected chi connectivity index (χ1v) is 26.1. The van der Waals surface area contributed by atoms with Gasteiger partial charge in [0.05, 0.1) is 35.4 Å². The fraction of sp³-hybridized carbons (Fsp3) is 0.451. The monoisotopic (exact) mass is 1020 g/mol. The summed E-state index contributed by atoms with van der Waals surface area (Å²) in [6, 6.07) is 13.7. The molecule has 3 aromatic carbocycles. The van der Waals surface area contributed by atoms with E-state index < -0.39 is 63.7 Å². The van der Waals surface area contributed by atoms with Crippen molar-refractivity contribution in [2.24, 2.45) is 11.5 Å². The van der Waals surface area contributed by atoms with Gasteiger partial charge >= 0.3 is 0 Å². The first-order valence-electron chi connectivity index (χ1n) is 24.2. The van der Waals surface area contributed by atoms with E-state index in [4.69, 9.17) is 25.7 Å². The minimum Gasteiger partial charge on any atom is -0.492 e. The van der Waals surface area contributed by atoms with Gasteiger partial charge in [0.1, 0.15) is 61.2 Å². The minimum absolute atomic E-state index is 0.0348. The van der Waals surface area contributed by atoms with E-state index in [9.17, 15) is 32.9 Å². The number of amides is 5. The van der Waals surface area contributed by atoms with Crippen LogP contribution in [0.1, 0.15) is 84.4 Å². The summed E-state index contributed by atoms with van der Waals surface area (Å²) in [6.07, 6.45) is 6.34. The molecule has 22 heteroatoms. The molecule has 0 spiro atoms. The molecule has 0 saturated heterocycles. The number of fused-ring (bicyclic) bond motifs is 5. The van der Waals surface area contributed by atoms with Gasteiger partial charge in [-0.2, -0.15) is 5.26 Å². The van der Waals surface area contributed by atoms with Crippen molar-refractivity contribution >= 4 is 39.6 Å². The number of nitriles is 1. The van der Waals surface area contributed by atoms with Gasteiger partial charge in [0.15, 0.2) is 5.82 Å². The zero-order valence-corrected chi connectivity index (χ0v) is 42.6. The summed E-state index contributed by atoms with van der Waals surface area (Å²) in [7, 11) is -2.41. The second-order valence-electron chi connectivity index (χ2n) is 18.1. The lowest BCUT2D eigenvalue weighted by atomic mass is 9.93. The van der Waals surface area contributed by atoms with Gasteiger partial charge in [-0.1, -0.05) is 18.6 Å². The molecule has 5 amide bonds. The van der Waals surface area contributed by atoms with Crippen LogP contribution in [0.4, 0.5) is 0 Å². The molecular formula is C51H65N11O10S. The van der Waals surface area contributed by atoms with E-state index >= 15 is 4.79 Å². The second-order valence-corrected chi connectivity index (χ2v) is 19.9. The van der Waals surface area contributed by atoms with Crippen LogP contribution in [0.15, 0.2) is 60.7 Å². The van der Waals surface area contributed by atoms with E-state index in [2.05, 4.69) is 36.0 Å². The SMILES string of the molecule is Cc1nc(-c2ccc(OC3CCCCC3)cc2)nc(C)c1C(=O)N[C@@H](CCNS(C)(=O)=O)C(=O)N(C)[C@@H]1C(=O)N[C@@H](C)C(=O)N[C@H](C(=O)NCC#N)Cc2ccc(OCCN)c(c2)-c2cc1ccc2OCCN. The number of carbonyl (C=O) groups is 5. The summed E-state index contributed by atoms with van der Waals surface area (Å²) >= 11 is 0. The second kappa shape index (κ2) is 25.5. The topological polar surface area (TPSA) is 312 Å². The van der Waals surface area contributed by atoms with E-state index in [1.165, 1.54) is 20.4 Å². The summed E-state index contributed by atoms with van der Waals surface area (Å²) in [5, 5.41) is 19.8. The molecule has 4 aromatic rings. The van der Waals surface area contributed by atoms with Crippen LogP contribution in [0.25, 0.3) is 22.5 Å². The Kier molecular flexibility index (Phi) is 19.2. The molecule has 4 atom stereocenters. The van der Waals surface area contributed by atoms with Crippen LogP contribution in [0, 0.1) is 25.2 Å². The molecule has 9 N–H and O–H groups in total. The first kappa shape index (κ1) is 55.1. The van der Waals surface area contributed by atoms with Crippen molar-refractivity contribution in [2.45, 2.75) is 96.0 Å². The molecule has 2 heterocycles. The molecule has 0 unspecified atom stereocenters. The summed E-state index contributed by atoms with van der Waals surface area (Å²) in [5.41, 5.74) is 14.7. The van der Waals surface area contributed by atoms with Crippen molar-refractivity contribution in [3.8, 4) is 45.8 Å². The first-order chi connectivity index (χ1) is 34.9. The van der Waals surface area contributed by atoms with E-state index in [0.717, 1.165) is 42.6 Å². The van der Waals surface area contributed by atoms with Crippen molar-refractivity contribution < 1.29 is 46.6 Å². The maximum absolute atomic E-state index is 15.0. The number of benzene rings is 3. The third kappa shape index (κ3) is 14.7. The van der Waals surface area contributed by atoms with E-state index in [1.54, 1.807) is 50.2 Å². The third-order valence-corrected chi connectivity index (χ3v) is 13.1. The zero-order chi connectivity index (χ0) is 52.8. The highest BCUT2D eigenvalue weighted by molar-refractivity contribution is 7.88. The highest BCUT2D eigenvalue weighted by Gasteiger charge is 2.37. The molecule has 4 bridgehead atoms. The average molecular weight is 1020 g/mol. The quantitative estimate of drug-likeness (QED) is 0.0663. The van der Waals surface area contributed by atoms with Crippen LogP contribution in [-0.4, -0.2) is 130 Å². The molecular weight excluding hydrogens is 959 g/mol. The molecule has 1 aliphatic carbocycles. The maximum Gasteiger partial charge on any atom is 0.255 e. The Balaban J connectivity index is 1.38. The molecule has 1 aliphatic heterocycles. The number of nitrogens with two attached hydrogens (primary N) is 2. The van der Waals surface area contributed by atoms with E-state index in [1.807, 2.05) is 30.3 Å². The lowest BCUT2D eigenvalue weighted by molar-refractivity contribution is -0.141. The van der Waals surface area contributed by atoms with Crippen LogP contribution in [-0.2, 0) is 35.6 Å². The highest BCUT2D eigenvalue weighted by Crippen LogP contribution is 2.40. The number of ether oxygens (including phenoxy) is 3. The molecule has 6 rings (SSSR count). The fourth-order valence-corrected chi connectivity index (χ4v) is 9.30. The van der Waals surface area contributed by atoms with Crippen molar-refractivity contribution in [1.29, 1.82) is 5.26 Å². The Bertz CT molecular complexity index is 2780. The predicted octanol–water partition coefficient (Wildman–Crippen LogP) is 2.24. The van der Waals surface area contributed by atoms with Crippen LogP contribution in [0.3, 0.4) is 0 Å². The Hall–Kier alpha value is -7.19. The van der Waals surface area contributed by atoms with Gasteiger partial charge in [0, 0.05) is 49.8 Å². The predicted molar refractivity (Wildman–Crippen MR) is 272 cm³/mol. The van der Waals surface area contributed by atoms with E-state index in [-0.39, 0.29) is 69.5 Å². The molecule has 0 radical (unpaired) electrons. The number of aromatic nitrogens is 2. The number of likely N-dealkylation sites (N-methyl/N-ethyl adjacent to an activating group) is 1. The van der Waals surface area contributed by atoms with Crippen molar-refractivity contribution in [3.05, 3.63) is 88.7 Å². The van der Waals surface area contributed by atoms with Crippen molar-refractivity contribution in [3.63, 3.8) is 0 Å². The number of rotatable bonds is 19. The molecule has 2 aliphatic rings. The van der Waals surface area contributed by atoms with Crippen LogP contribution in [0.2, 0.25) is 0 Å². The summed E-state index contributed by atoms with van der Waals surface area (Å²) in [5.74, 6) is -1.99. The number of aryl methyl sites for hydroxylation is 2. The smallest absolute Gasteiger partial charge is 0.255 e. The van der Waals surface area contributed by atoms with Gasteiger partial charge in [-0.25, -0.2) is 23.1 Å². The van der Waals surface area contributed by atoms with Gasteiger partial charge in [-0.3, -0.25) is 24.0 Å². The Morgan fingerprint density at radius 1 is 0.890 bits per heavy atom. The Morgan fingerprint density at radius 3 is 2.14 bits per heavy atom. The van der Waals surface area contributed by atoms with Gasteiger partial charge < -0.3 is 51.8 Å². The molecule has 73 heavy (non-hydrogen) atoms. The third-order valence-electron chi connectivity index (χ3n) is 12.4. The number of nitrogens with zero attached hydrogens (tertiary/aromatic N) is 4. The number of nitrogens with one attached hydrogen (secondary N) is 5. The van der Waals surface area contributed by atoms with Gasteiger partial charge in [-0.05, 0) is 113 Å². The summed E-state index contributed by atoms with van der Waals surface area (Å²) in [4.78, 5) is 81.8. The molecule has 1 aromatic heterocycles. The van der Waals surface area contributed by atoms with Crippen LogP contribution < -0.4 is 51.7 Å². The van der Waals surface area contributed by atoms with Crippen molar-refractivity contribution in [1.82, 2.24) is 40.9 Å². The fourth-order valence-electron chi connectivity index (χ4n) is 8.81. The highest BCUT2D eigenvalue weighted by atomic mass is 32.2. The minimum atomic E-state index is -3.76. The molecule has 1 fully saturated rings. The summed E-state index contributed by atoms with van der Waals surface area (Å²) in [6.45, 7) is 4.59. The van der Waals surface area contributed by atoms with Crippen LogP contribution in [0.5, 0.6) is 17.2 Å². The average Bonchev–Trinajstić information content (AvgIpc) is 3.36. The zero-order valence-electron chi connectivity index (χ0n) is 41.8. The molecule has 390 valence electrons. The van der Waals surface area contributed by atoms with Gasteiger partial charge in [0.2, 0.25) is 33.7 Å². The Morgan fingerprint density at radius 2 is 1.52 bits per heavy atom. The normalized spacial score (nSPS) is 17.6. The van der Waals surface area contributed by atoms with Gasteiger partial charge in [0.25, 0.3) is 5.91 Å². The lowest BCUT2D eigenvalue weighted by Crippen LogP contribution is -2.56. The largest absolute Gasteiger partial charge is 0.492 e. The number of sulfonamides is 1. The lowest BCUT2D eigenvalue weighted by Gasteiger charge is -2.33. The van der Waals surface area contributed by atoms with Crippen LogP contribution >= 0.6 is 0 Å². The molecule has 21 nitrogen and oxygen atoms in total.